The first-order chi connectivity index (χ1) is 11.5. The van der Waals surface area contributed by atoms with Gasteiger partial charge in [0, 0.05) is 32.4 Å². The second-order valence-corrected chi connectivity index (χ2v) is 6.59. The summed E-state index contributed by atoms with van der Waals surface area (Å²) >= 11 is 0. The molecule has 2 aromatic rings. The fourth-order valence-corrected chi connectivity index (χ4v) is 3.01. The summed E-state index contributed by atoms with van der Waals surface area (Å²) in [4.78, 5) is 20.5. The minimum absolute atomic E-state index is 0.00796. The predicted molar refractivity (Wildman–Crippen MR) is 89.2 cm³/mol. The van der Waals surface area contributed by atoms with E-state index in [4.69, 9.17) is 5.73 Å². The van der Waals surface area contributed by atoms with Crippen LogP contribution in [0, 0.1) is 11.7 Å². The molecule has 8 heteroatoms. The summed E-state index contributed by atoms with van der Waals surface area (Å²) in [7, 11) is 0. The molecule has 0 unspecified atom stereocenters. The minimum atomic E-state index is -0.440. The number of aromatic nitrogens is 3. The van der Waals surface area contributed by atoms with Gasteiger partial charge in [0.15, 0.2) is 11.5 Å². The van der Waals surface area contributed by atoms with Crippen molar-refractivity contribution in [3.63, 3.8) is 0 Å². The highest BCUT2D eigenvalue weighted by Gasteiger charge is 2.26. The Labute approximate surface area is 140 Å². The third kappa shape index (κ3) is 3.33. The van der Waals surface area contributed by atoms with Gasteiger partial charge in [-0.05, 0) is 18.4 Å². The number of nitrogens with two attached hydrogens (primary N) is 1. The zero-order chi connectivity index (χ0) is 17.3. The van der Waals surface area contributed by atoms with Gasteiger partial charge in [-0.15, -0.1) is 0 Å². The lowest BCUT2D eigenvalue weighted by Crippen LogP contribution is -2.53. The summed E-state index contributed by atoms with van der Waals surface area (Å²) in [6, 6.07) is 1.37. The van der Waals surface area contributed by atoms with Gasteiger partial charge in [-0.2, -0.15) is 5.10 Å². The Balaban J connectivity index is 1.63. The SMILES string of the molecule is CC(C)C[C@H](N)C(=O)N1CCN(c2ccn3ncc(F)c3n2)CC1. The highest BCUT2D eigenvalue weighted by molar-refractivity contribution is 5.81. The number of nitrogens with zero attached hydrogens (tertiary/aromatic N) is 5. The van der Waals surface area contributed by atoms with Crippen LogP contribution in [-0.2, 0) is 4.79 Å². The first kappa shape index (κ1) is 16.6. The van der Waals surface area contributed by atoms with Crippen LogP contribution in [0.15, 0.2) is 18.5 Å². The summed E-state index contributed by atoms with van der Waals surface area (Å²) in [5, 5.41) is 3.88. The zero-order valence-corrected chi connectivity index (χ0v) is 14.0. The van der Waals surface area contributed by atoms with Crippen LogP contribution in [0.3, 0.4) is 0 Å². The Morgan fingerprint density at radius 2 is 2.04 bits per heavy atom. The maximum Gasteiger partial charge on any atom is 0.239 e. The molecule has 24 heavy (non-hydrogen) atoms. The Kier molecular flexibility index (Phi) is 4.66. The molecule has 1 amide bonds. The van der Waals surface area contributed by atoms with Gasteiger partial charge >= 0.3 is 0 Å². The van der Waals surface area contributed by atoms with E-state index < -0.39 is 11.9 Å². The number of amides is 1. The van der Waals surface area contributed by atoms with Gasteiger partial charge in [0.2, 0.25) is 5.91 Å². The standard InChI is InChI=1S/C16H23FN6O/c1-11(2)9-13(18)16(24)22-7-5-21(6-8-22)14-3-4-23-15(20-14)12(17)10-19-23/h3-4,10-11,13H,5-9,18H2,1-2H3/t13-/m0/s1. The number of carbonyl (C=O) groups is 1. The van der Waals surface area contributed by atoms with Gasteiger partial charge in [-0.1, -0.05) is 13.8 Å². The third-order valence-electron chi connectivity index (χ3n) is 4.27. The lowest BCUT2D eigenvalue weighted by molar-refractivity contribution is -0.133. The highest BCUT2D eigenvalue weighted by atomic mass is 19.1. The molecule has 130 valence electrons. The second kappa shape index (κ2) is 6.72. The topological polar surface area (TPSA) is 79.8 Å². The van der Waals surface area contributed by atoms with E-state index in [9.17, 15) is 9.18 Å². The van der Waals surface area contributed by atoms with Gasteiger partial charge < -0.3 is 15.5 Å². The first-order valence-electron chi connectivity index (χ1n) is 8.25. The molecule has 1 aliphatic rings. The van der Waals surface area contributed by atoms with Crippen molar-refractivity contribution in [3.8, 4) is 0 Å². The molecule has 1 saturated heterocycles. The Hall–Kier alpha value is -2.22. The van der Waals surface area contributed by atoms with E-state index in [-0.39, 0.29) is 11.6 Å². The van der Waals surface area contributed by atoms with E-state index in [1.165, 1.54) is 4.52 Å². The van der Waals surface area contributed by atoms with Crippen molar-refractivity contribution in [2.75, 3.05) is 31.1 Å². The van der Waals surface area contributed by atoms with Crippen LogP contribution in [0.25, 0.3) is 5.65 Å². The van der Waals surface area contributed by atoms with Crippen LogP contribution < -0.4 is 10.6 Å². The van der Waals surface area contributed by atoms with Crippen molar-refractivity contribution in [2.45, 2.75) is 26.3 Å². The van der Waals surface area contributed by atoms with E-state index in [0.717, 1.165) is 6.20 Å². The summed E-state index contributed by atoms with van der Waals surface area (Å²) < 4.78 is 15.0. The average molecular weight is 334 g/mol. The smallest absolute Gasteiger partial charge is 0.239 e. The Morgan fingerprint density at radius 3 is 2.71 bits per heavy atom. The number of hydrogen-bond donors (Lipinski definition) is 1. The number of fused-ring (bicyclic) bond motifs is 1. The minimum Gasteiger partial charge on any atom is -0.353 e. The summed E-state index contributed by atoms with van der Waals surface area (Å²) in [5.74, 6) is 0.658. The normalized spacial score (nSPS) is 16.9. The van der Waals surface area contributed by atoms with Crippen LogP contribution in [0.1, 0.15) is 20.3 Å². The monoisotopic (exact) mass is 334 g/mol. The number of hydrogen-bond acceptors (Lipinski definition) is 5. The molecule has 3 heterocycles. The summed E-state index contributed by atoms with van der Waals surface area (Å²) in [6.07, 6.45) is 3.54. The molecular weight excluding hydrogens is 311 g/mol. The van der Waals surface area contributed by atoms with Crippen LogP contribution in [-0.4, -0.2) is 57.6 Å². The van der Waals surface area contributed by atoms with Crippen LogP contribution >= 0.6 is 0 Å². The van der Waals surface area contributed by atoms with E-state index in [1.54, 1.807) is 12.3 Å². The molecule has 2 N–H and O–H groups in total. The van der Waals surface area contributed by atoms with Crippen molar-refractivity contribution in [2.24, 2.45) is 11.7 Å². The maximum atomic E-state index is 13.6. The fourth-order valence-electron chi connectivity index (χ4n) is 3.01. The van der Waals surface area contributed by atoms with Gasteiger partial charge in [0.25, 0.3) is 0 Å². The first-order valence-corrected chi connectivity index (χ1v) is 8.25. The fraction of sp³-hybridized carbons (Fsp3) is 0.562. The lowest BCUT2D eigenvalue weighted by Gasteiger charge is -2.36. The Bertz CT molecular complexity index is 722. The van der Waals surface area contributed by atoms with Crippen molar-refractivity contribution in [1.29, 1.82) is 0 Å². The van der Waals surface area contributed by atoms with Gasteiger partial charge in [-0.25, -0.2) is 13.9 Å². The van der Waals surface area contributed by atoms with Crippen molar-refractivity contribution < 1.29 is 9.18 Å². The molecule has 7 nitrogen and oxygen atoms in total. The number of halogens is 1. The van der Waals surface area contributed by atoms with Crippen LogP contribution in [0.2, 0.25) is 0 Å². The molecule has 0 radical (unpaired) electrons. The molecule has 0 bridgehead atoms. The largest absolute Gasteiger partial charge is 0.353 e. The van der Waals surface area contributed by atoms with E-state index >= 15 is 0 Å². The van der Waals surface area contributed by atoms with Crippen LogP contribution in [0.5, 0.6) is 0 Å². The van der Waals surface area contributed by atoms with Crippen molar-refractivity contribution in [3.05, 3.63) is 24.3 Å². The van der Waals surface area contributed by atoms with E-state index in [1.807, 2.05) is 9.80 Å². The third-order valence-corrected chi connectivity index (χ3v) is 4.27. The molecule has 3 rings (SSSR count). The lowest BCUT2D eigenvalue weighted by atomic mass is 10.0. The summed E-state index contributed by atoms with van der Waals surface area (Å²) in [5.41, 5.74) is 6.21. The Morgan fingerprint density at radius 1 is 1.33 bits per heavy atom. The molecule has 0 aromatic carbocycles. The molecule has 0 spiro atoms. The number of anilines is 1. The molecule has 1 atom stereocenters. The zero-order valence-electron chi connectivity index (χ0n) is 14.0. The van der Waals surface area contributed by atoms with Crippen LogP contribution in [0.4, 0.5) is 10.2 Å². The van der Waals surface area contributed by atoms with Gasteiger partial charge in [-0.3, -0.25) is 4.79 Å². The maximum absolute atomic E-state index is 13.6. The van der Waals surface area contributed by atoms with E-state index in [0.29, 0.717) is 44.3 Å². The van der Waals surface area contributed by atoms with Crippen molar-refractivity contribution >= 4 is 17.4 Å². The second-order valence-electron chi connectivity index (χ2n) is 6.59. The molecule has 0 saturated carbocycles. The molecule has 0 aliphatic carbocycles. The summed E-state index contributed by atoms with van der Waals surface area (Å²) in [6.45, 7) is 6.61. The van der Waals surface area contributed by atoms with Gasteiger partial charge in [0.1, 0.15) is 5.82 Å². The molecule has 1 aliphatic heterocycles. The number of rotatable bonds is 4. The average Bonchev–Trinajstić information content (AvgIpc) is 2.94. The highest BCUT2D eigenvalue weighted by Crippen LogP contribution is 2.17. The predicted octanol–water partition coefficient (Wildman–Crippen LogP) is 0.890. The number of piperazine rings is 1. The van der Waals surface area contributed by atoms with Gasteiger partial charge in [0.05, 0.1) is 12.2 Å². The number of carbonyl (C=O) groups excluding carboxylic acids is 1. The molecule has 2 aromatic heterocycles. The molecular formula is C16H23FN6O. The van der Waals surface area contributed by atoms with Crippen molar-refractivity contribution in [1.82, 2.24) is 19.5 Å². The quantitative estimate of drug-likeness (QED) is 0.898. The molecule has 1 fully saturated rings. The van der Waals surface area contributed by atoms with E-state index in [2.05, 4.69) is 23.9 Å².